The average molecular weight is 285 g/mol. The van der Waals surface area contributed by atoms with E-state index in [0.717, 1.165) is 0 Å². The third-order valence-corrected chi connectivity index (χ3v) is 2.80. The first-order valence-electron chi connectivity index (χ1n) is 6.70. The second-order valence-corrected chi connectivity index (χ2v) is 5.80. The van der Waals surface area contributed by atoms with Crippen molar-refractivity contribution in [2.45, 2.75) is 51.4 Å². The van der Waals surface area contributed by atoms with E-state index in [1.807, 2.05) is 0 Å². The number of nitrogens with zero attached hydrogens (tertiary/aromatic N) is 1. The number of esters is 1. The topological polar surface area (TPSA) is 76.1 Å². The highest BCUT2D eigenvalue weighted by Crippen LogP contribution is 2.21. The molecule has 0 saturated carbocycles. The lowest BCUT2D eigenvalue weighted by atomic mass is 10.0. The molecule has 2 atom stereocenters. The van der Waals surface area contributed by atoms with Crippen molar-refractivity contribution in [2.24, 2.45) is 0 Å². The summed E-state index contributed by atoms with van der Waals surface area (Å²) in [6.45, 7) is 8.88. The lowest BCUT2D eigenvalue weighted by Gasteiger charge is -2.37. The smallest absolute Gasteiger partial charge is 0.411 e. The Kier molecular flexibility index (Phi) is 5.56. The summed E-state index contributed by atoms with van der Waals surface area (Å²) >= 11 is 0. The number of aliphatic hydroxyl groups excluding tert-OH is 1. The molecule has 20 heavy (non-hydrogen) atoms. The Labute approximate surface area is 119 Å². The molecule has 1 heterocycles. The molecule has 1 fully saturated rings. The zero-order chi connectivity index (χ0) is 15.3. The molecule has 0 bridgehead atoms. The van der Waals surface area contributed by atoms with E-state index in [0.29, 0.717) is 12.8 Å². The Balaban J connectivity index is 2.77. The lowest BCUT2D eigenvalue weighted by molar-refractivity contribution is -0.151. The first kappa shape index (κ1) is 16.5. The SMILES string of the molecule is C=CCOC(=O)[C@H]1CC[C@@H](O)CN1C(=O)OC(C)(C)C. The molecule has 0 aromatic heterocycles. The van der Waals surface area contributed by atoms with Crippen molar-refractivity contribution < 1.29 is 24.2 Å². The zero-order valence-corrected chi connectivity index (χ0v) is 12.3. The second-order valence-electron chi connectivity index (χ2n) is 5.80. The number of rotatable bonds is 3. The molecule has 1 aliphatic heterocycles. The minimum atomic E-state index is -0.715. The molecule has 6 heteroatoms. The highest BCUT2D eigenvalue weighted by molar-refractivity contribution is 5.82. The number of likely N-dealkylation sites (tertiary alicyclic amines) is 1. The predicted octanol–water partition coefficient (Wildman–Crippen LogP) is 1.48. The first-order chi connectivity index (χ1) is 9.24. The Morgan fingerprint density at radius 3 is 2.60 bits per heavy atom. The number of hydrogen-bond acceptors (Lipinski definition) is 5. The van der Waals surface area contributed by atoms with Gasteiger partial charge in [0.25, 0.3) is 0 Å². The van der Waals surface area contributed by atoms with Crippen molar-refractivity contribution in [1.29, 1.82) is 0 Å². The van der Waals surface area contributed by atoms with E-state index < -0.39 is 29.8 Å². The van der Waals surface area contributed by atoms with Crippen LogP contribution in [-0.4, -0.2) is 53.0 Å². The first-order valence-corrected chi connectivity index (χ1v) is 6.70. The Hall–Kier alpha value is -1.56. The fourth-order valence-corrected chi connectivity index (χ4v) is 1.96. The largest absolute Gasteiger partial charge is 0.460 e. The number of piperidine rings is 1. The molecule has 0 spiro atoms. The summed E-state index contributed by atoms with van der Waals surface area (Å²) in [7, 11) is 0. The summed E-state index contributed by atoms with van der Waals surface area (Å²) in [6.07, 6.45) is 1.01. The molecule has 0 aromatic carbocycles. The number of aliphatic hydroxyl groups is 1. The maximum absolute atomic E-state index is 12.1. The van der Waals surface area contributed by atoms with Crippen LogP contribution >= 0.6 is 0 Å². The molecule has 114 valence electrons. The van der Waals surface area contributed by atoms with E-state index in [9.17, 15) is 14.7 Å². The molecule has 1 aliphatic rings. The molecule has 0 aromatic rings. The summed E-state index contributed by atoms with van der Waals surface area (Å²) in [5.74, 6) is -0.498. The van der Waals surface area contributed by atoms with Crippen LogP contribution in [0.25, 0.3) is 0 Å². The van der Waals surface area contributed by atoms with Crippen molar-refractivity contribution in [3.05, 3.63) is 12.7 Å². The summed E-state index contributed by atoms with van der Waals surface area (Å²) in [5.41, 5.74) is -0.658. The number of hydrogen-bond donors (Lipinski definition) is 1. The van der Waals surface area contributed by atoms with Crippen LogP contribution in [0.1, 0.15) is 33.6 Å². The Morgan fingerprint density at radius 2 is 2.05 bits per heavy atom. The fraction of sp³-hybridized carbons (Fsp3) is 0.714. The second kappa shape index (κ2) is 6.74. The van der Waals surface area contributed by atoms with E-state index in [-0.39, 0.29) is 13.2 Å². The molecule has 0 radical (unpaired) electrons. The molecule has 1 N–H and O–H groups in total. The van der Waals surface area contributed by atoms with Gasteiger partial charge in [0.1, 0.15) is 18.2 Å². The fourth-order valence-electron chi connectivity index (χ4n) is 1.96. The third-order valence-electron chi connectivity index (χ3n) is 2.80. The van der Waals surface area contributed by atoms with Gasteiger partial charge in [0, 0.05) is 0 Å². The standard InChI is InChI=1S/C14H23NO5/c1-5-8-19-12(17)11-7-6-10(16)9-15(11)13(18)20-14(2,3)4/h5,10-11,16H,1,6-9H2,2-4H3/t10-,11-/m1/s1. The van der Waals surface area contributed by atoms with Gasteiger partial charge in [0.05, 0.1) is 12.6 Å². The third kappa shape index (κ3) is 4.85. The van der Waals surface area contributed by atoms with Gasteiger partial charge >= 0.3 is 12.1 Å². The minimum absolute atomic E-state index is 0.0722. The zero-order valence-electron chi connectivity index (χ0n) is 12.3. The predicted molar refractivity (Wildman–Crippen MR) is 73.1 cm³/mol. The van der Waals surface area contributed by atoms with Crippen molar-refractivity contribution in [3.63, 3.8) is 0 Å². The lowest BCUT2D eigenvalue weighted by Crippen LogP contribution is -2.53. The number of ether oxygens (including phenoxy) is 2. The molecule has 0 aliphatic carbocycles. The van der Waals surface area contributed by atoms with Gasteiger partial charge in [0.2, 0.25) is 0 Å². The molecule has 1 rings (SSSR count). The van der Waals surface area contributed by atoms with E-state index in [4.69, 9.17) is 9.47 Å². The van der Waals surface area contributed by atoms with Gasteiger partial charge in [-0.25, -0.2) is 9.59 Å². The van der Waals surface area contributed by atoms with Gasteiger partial charge in [-0.1, -0.05) is 12.7 Å². The van der Waals surface area contributed by atoms with Gasteiger partial charge < -0.3 is 14.6 Å². The summed E-state index contributed by atoms with van der Waals surface area (Å²) in [5, 5.41) is 9.68. The van der Waals surface area contributed by atoms with Gasteiger partial charge in [-0.15, -0.1) is 0 Å². The maximum atomic E-state index is 12.1. The van der Waals surface area contributed by atoms with E-state index in [1.54, 1.807) is 20.8 Å². The molecule has 6 nitrogen and oxygen atoms in total. The van der Waals surface area contributed by atoms with Crippen LogP contribution < -0.4 is 0 Å². The van der Waals surface area contributed by atoms with Crippen LogP contribution in [-0.2, 0) is 14.3 Å². The van der Waals surface area contributed by atoms with Crippen LogP contribution in [0.2, 0.25) is 0 Å². The van der Waals surface area contributed by atoms with Crippen LogP contribution in [0.5, 0.6) is 0 Å². The van der Waals surface area contributed by atoms with Crippen molar-refractivity contribution >= 4 is 12.1 Å². The van der Waals surface area contributed by atoms with Crippen LogP contribution in [0.4, 0.5) is 4.79 Å². The molecule has 1 saturated heterocycles. The van der Waals surface area contributed by atoms with Crippen molar-refractivity contribution in [2.75, 3.05) is 13.2 Å². The van der Waals surface area contributed by atoms with Gasteiger partial charge in [0.15, 0.2) is 0 Å². The summed E-state index contributed by atoms with van der Waals surface area (Å²) in [6, 6.07) is -0.715. The molecular weight excluding hydrogens is 262 g/mol. The highest BCUT2D eigenvalue weighted by Gasteiger charge is 2.38. The van der Waals surface area contributed by atoms with E-state index in [2.05, 4.69) is 6.58 Å². The average Bonchev–Trinajstić information content (AvgIpc) is 2.33. The normalized spacial score (nSPS) is 23.1. The quantitative estimate of drug-likeness (QED) is 0.628. The maximum Gasteiger partial charge on any atom is 0.411 e. The van der Waals surface area contributed by atoms with Crippen molar-refractivity contribution in [1.82, 2.24) is 4.90 Å². The van der Waals surface area contributed by atoms with Gasteiger partial charge in [-0.3, -0.25) is 4.90 Å². The van der Waals surface area contributed by atoms with Gasteiger partial charge in [-0.05, 0) is 33.6 Å². The summed E-state index contributed by atoms with van der Waals surface area (Å²) < 4.78 is 10.2. The van der Waals surface area contributed by atoms with Crippen LogP contribution in [0, 0.1) is 0 Å². The molecular formula is C14H23NO5. The number of carbonyl (C=O) groups excluding carboxylic acids is 2. The van der Waals surface area contributed by atoms with E-state index in [1.165, 1.54) is 11.0 Å². The van der Waals surface area contributed by atoms with E-state index >= 15 is 0 Å². The highest BCUT2D eigenvalue weighted by atomic mass is 16.6. The molecule has 1 amide bonds. The molecule has 0 unspecified atom stereocenters. The Bertz CT molecular complexity index is 374. The summed E-state index contributed by atoms with van der Waals surface area (Å²) in [4.78, 5) is 25.3. The number of amides is 1. The number of β-amino-alcohol motifs (C(OH)–C–C–N with tert-alkyl or cyclic N) is 1. The Morgan fingerprint density at radius 1 is 1.40 bits per heavy atom. The van der Waals surface area contributed by atoms with Crippen LogP contribution in [0.3, 0.4) is 0 Å². The monoisotopic (exact) mass is 285 g/mol. The van der Waals surface area contributed by atoms with Gasteiger partial charge in [-0.2, -0.15) is 0 Å². The number of carbonyl (C=O) groups is 2. The van der Waals surface area contributed by atoms with Crippen molar-refractivity contribution in [3.8, 4) is 0 Å². The van der Waals surface area contributed by atoms with Crippen LogP contribution in [0.15, 0.2) is 12.7 Å². The minimum Gasteiger partial charge on any atom is -0.460 e.